The lowest BCUT2D eigenvalue weighted by atomic mass is 10.0. The maximum absolute atomic E-state index is 12.5. The number of ether oxygens (including phenoxy) is 2. The second-order valence-electron chi connectivity index (χ2n) is 15.0. The smallest absolute Gasteiger partial charge is 0.462 e. The molecule has 0 radical (unpaired) electrons. The summed E-state index contributed by atoms with van der Waals surface area (Å²) in [4.78, 5) is 35.0. The first kappa shape index (κ1) is 48.0. The van der Waals surface area contributed by atoms with E-state index in [0.29, 0.717) is 23.9 Å². The van der Waals surface area contributed by atoms with E-state index in [0.717, 1.165) is 38.5 Å². The van der Waals surface area contributed by atoms with Gasteiger partial charge in [-0.1, -0.05) is 162 Å². The van der Waals surface area contributed by atoms with E-state index in [1.165, 1.54) is 116 Å². The summed E-state index contributed by atoms with van der Waals surface area (Å²) in [6.07, 6.45) is 30.3. The van der Waals surface area contributed by atoms with E-state index in [2.05, 4.69) is 13.8 Å². The Morgan fingerprint density at radius 3 is 1.31 bits per heavy atom. The number of hydrogen-bond acceptors (Lipinski definition) is 7. The average Bonchev–Trinajstić information content (AvgIpc) is 3.04. The van der Waals surface area contributed by atoms with Crippen LogP contribution in [0.4, 0.5) is 0 Å². The number of esters is 2. The van der Waals surface area contributed by atoms with Gasteiger partial charge in [-0.05, 0) is 12.8 Å². The van der Waals surface area contributed by atoms with Gasteiger partial charge in [0, 0.05) is 12.8 Å². The summed E-state index contributed by atoms with van der Waals surface area (Å²) in [5.41, 5.74) is 0. The Morgan fingerprint density at radius 2 is 0.918 bits per heavy atom. The summed E-state index contributed by atoms with van der Waals surface area (Å²) < 4.78 is 34.1. The number of nitrogens with zero attached hydrogens (tertiary/aromatic N) is 1. The SMILES string of the molecule is CCCCCCCCCCCCCCCCCCCCC(=O)OC[C@@H](COP(=O)(O)OCC[N+](C)(C)C)OC(=O)CCCCCCCCC. The Balaban J connectivity index is 4.20. The molecule has 0 aliphatic heterocycles. The first-order valence-corrected chi connectivity index (χ1v) is 21.8. The topological polar surface area (TPSA) is 108 Å². The summed E-state index contributed by atoms with van der Waals surface area (Å²) in [5.74, 6) is -0.795. The van der Waals surface area contributed by atoms with E-state index in [9.17, 15) is 19.0 Å². The molecule has 0 aromatic carbocycles. The van der Waals surface area contributed by atoms with Crippen LogP contribution in [0.25, 0.3) is 0 Å². The zero-order valence-electron chi connectivity index (χ0n) is 32.7. The van der Waals surface area contributed by atoms with Crippen LogP contribution in [0, 0.1) is 0 Å². The van der Waals surface area contributed by atoms with Crippen molar-refractivity contribution in [2.45, 2.75) is 193 Å². The Hall–Kier alpha value is -0.990. The summed E-state index contributed by atoms with van der Waals surface area (Å²) in [6, 6.07) is 0. The molecule has 10 heteroatoms. The Bertz CT molecular complexity index is 819. The van der Waals surface area contributed by atoms with Crippen LogP contribution < -0.4 is 0 Å². The highest BCUT2D eigenvalue weighted by Gasteiger charge is 2.27. The van der Waals surface area contributed by atoms with Crippen LogP contribution in [0.1, 0.15) is 187 Å². The van der Waals surface area contributed by atoms with Crippen molar-refractivity contribution in [2.24, 2.45) is 0 Å². The van der Waals surface area contributed by atoms with Gasteiger partial charge in [0.15, 0.2) is 6.10 Å². The van der Waals surface area contributed by atoms with E-state index < -0.39 is 26.5 Å². The largest absolute Gasteiger partial charge is 0.472 e. The molecule has 0 saturated heterocycles. The molecule has 0 saturated carbocycles. The zero-order chi connectivity index (χ0) is 36.5. The summed E-state index contributed by atoms with van der Waals surface area (Å²) in [5, 5.41) is 0. The first-order chi connectivity index (χ1) is 23.5. The molecule has 0 aliphatic carbocycles. The number of carbonyl (C=O) groups is 2. The third-order valence-corrected chi connectivity index (χ3v) is 9.87. The summed E-state index contributed by atoms with van der Waals surface area (Å²) >= 11 is 0. The highest BCUT2D eigenvalue weighted by atomic mass is 31.2. The minimum absolute atomic E-state index is 0.0361. The fraction of sp³-hybridized carbons (Fsp3) is 0.949. The van der Waals surface area contributed by atoms with Crippen molar-refractivity contribution in [3.8, 4) is 0 Å². The lowest BCUT2D eigenvalue weighted by Gasteiger charge is -2.24. The third kappa shape index (κ3) is 36.6. The highest BCUT2D eigenvalue weighted by Crippen LogP contribution is 2.43. The molecule has 0 fully saturated rings. The van der Waals surface area contributed by atoms with Gasteiger partial charge in [-0.25, -0.2) is 4.57 Å². The van der Waals surface area contributed by atoms with Crippen LogP contribution in [-0.4, -0.2) is 74.9 Å². The lowest BCUT2D eigenvalue weighted by molar-refractivity contribution is -0.870. The molecule has 0 rings (SSSR count). The number of hydrogen-bond donors (Lipinski definition) is 1. The zero-order valence-corrected chi connectivity index (χ0v) is 33.6. The second-order valence-corrected chi connectivity index (χ2v) is 16.5. The molecule has 0 spiro atoms. The van der Waals surface area contributed by atoms with E-state index in [4.69, 9.17) is 18.5 Å². The molecule has 1 unspecified atom stereocenters. The standard InChI is InChI=1S/C39H78NO8P/c1-6-8-10-12-14-15-16-17-18-19-20-21-22-23-24-26-27-29-31-38(41)45-35-37(36-47-49(43,44)46-34-33-40(3,4)5)48-39(42)32-30-28-25-13-11-9-7-2/h37H,6-36H2,1-5H3/p+1/t37-/m0/s1. The molecule has 1 N–H and O–H groups in total. The Labute approximate surface area is 302 Å². The fourth-order valence-electron chi connectivity index (χ4n) is 5.66. The second kappa shape index (κ2) is 32.9. The fourth-order valence-corrected chi connectivity index (χ4v) is 6.40. The number of phosphoric acid groups is 1. The molecule has 0 amide bonds. The minimum Gasteiger partial charge on any atom is -0.462 e. The van der Waals surface area contributed by atoms with Gasteiger partial charge in [0.1, 0.15) is 19.8 Å². The van der Waals surface area contributed by atoms with Gasteiger partial charge < -0.3 is 18.9 Å². The van der Waals surface area contributed by atoms with Gasteiger partial charge in [-0.15, -0.1) is 0 Å². The van der Waals surface area contributed by atoms with Crippen LogP contribution in [-0.2, 0) is 32.7 Å². The number of quaternary nitrogens is 1. The normalized spacial score (nSPS) is 13.7. The van der Waals surface area contributed by atoms with E-state index >= 15 is 0 Å². The lowest BCUT2D eigenvalue weighted by Crippen LogP contribution is -2.37. The molecule has 292 valence electrons. The van der Waals surface area contributed by atoms with E-state index in [-0.39, 0.29) is 25.6 Å². The van der Waals surface area contributed by atoms with Crippen molar-refractivity contribution in [2.75, 3.05) is 47.5 Å². The third-order valence-electron chi connectivity index (χ3n) is 8.89. The number of rotatable bonds is 37. The molecule has 49 heavy (non-hydrogen) atoms. The van der Waals surface area contributed by atoms with Crippen molar-refractivity contribution in [1.29, 1.82) is 0 Å². The van der Waals surface area contributed by atoms with Crippen molar-refractivity contribution in [3.05, 3.63) is 0 Å². The molecule has 0 heterocycles. The van der Waals surface area contributed by atoms with Gasteiger partial charge in [-0.2, -0.15) is 0 Å². The van der Waals surface area contributed by atoms with Gasteiger partial charge in [0.2, 0.25) is 0 Å². The monoisotopic (exact) mass is 721 g/mol. The summed E-state index contributed by atoms with van der Waals surface area (Å²) in [7, 11) is 1.49. The van der Waals surface area contributed by atoms with Gasteiger partial charge in [0.25, 0.3) is 0 Å². The van der Waals surface area contributed by atoms with E-state index in [1.54, 1.807) is 0 Å². The molecular formula is C39H79NO8P+. The van der Waals surface area contributed by atoms with Crippen LogP contribution in [0.2, 0.25) is 0 Å². The minimum atomic E-state index is -4.35. The predicted molar refractivity (Wildman–Crippen MR) is 201 cm³/mol. The number of carbonyl (C=O) groups excluding carboxylic acids is 2. The van der Waals surface area contributed by atoms with Crippen LogP contribution in [0.5, 0.6) is 0 Å². The van der Waals surface area contributed by atoms with Crippen LogP contribution in [0.3, 0.4) is 0 Å². The highest BCUT2D eigenvalue weighted by molar-refractivity contribution is 7.47. The van der Waals surface area contributed by atoms with Gasteiger partial charge in [0.05, 0.1) is 27.7 Å². The molecule has 0 aromatic rings. The van der Waals surface area contributed by atoms with Crippen molar-refractivity contribution < 1.29 is 42.1 Å². The molecule has 9 nitrogen and oxygen atoms in total. The first-order valence-electron chi connectivity index (χ1n) is 20.3. The van der Waals surface area contributed by atoms with Crippen LogP contribution >= 0.6 is 7.82 Å². The number of phosphoric ester groups is 1. The molecule has 0 bridgehead atoms. The molecule has 0 aliphatic rings. The predicted octanol–water partition coefficient (Wildman–Crippen LogP) is 10.9. The quantitative estimate of drug-likeness (QED) is 0.0292. The maximum atomic E-state index is 12.5. The number of unbranched alkanes of at least 4 members (excludes halogenated alkanes) is 23. The summed E-state index contributed by atoms with van der Waals surface area (Å²) in [6.45, 7) is 4.39. The average molecular weight is 721 g/mol. The van der Waals surface area contributed by atoms with Crippen LogP contribution in [0.15, 0.2) is 0 Å². The number of likely N-dealkylation sites (N-methyl/N-ethyl adjacent to an activating group) is 1. The Kier molecular flexibility index (Phi) is 32.2. The Morgan fingerprint density at radius 1 is 0.551 bits per heavy atom. The van der Waals surface area contributed by atoms with Gasteiger partial charge >= 0.3 is 19.8 Å². The maximum Gasteiger partial charge on any atom is 0.472 e. The molecule has 0 aromatic heterocycles. The van der Waals surface area contributed by atoms with Crippen molar-refractivity contribution in [3.63, 3.8) is 0 Å². The molecule has 2 atom stereocenters. The van der Waals surface area contributed by atoms with Gasteiger partial charge in [-0.3, -0.25) is 18.6 Å². The van der Waals surface area contributed by atoms with Crippen molar-refractivity contribution >= 4 is 19.8 Å². The van der Waals surface area contributed by atoms with E-state index in [1.807, 2.05) is 21.1 Å². The molecular weight excluding hydrogens is 641 g/mol. The van der Waals surface area contributed by atoms with Crippen molar-refractivity contribution in [1.82, 2.24) is 0 Å².